The number of anilines is 1. The zero-order valence-electron chi connectivity index (χ0n) is 12.9. The molecule has 0 aliphatic carbocycles. The molecule has 0 aliphatic heterocycles. The van der Waals surface area contributed by atoms with Crippen LogP contribution in [0.3, 0.4) is 0 Å². The molecule has 0 atom stereocenters. The third kappa shape index (κ3) is 5.29. The van der Waals surface area contributed by atoms with E-state index in [0.29, 0.717) is 5.11 Å². The average molecular weight is 291 g/mol. The molecule has 0 radical (unpaired) electrons. The molecule has 0 spiro atoms. The molecule has 0 saturated carbocycles. The van der Waals surface area contributed by atoms with Crippen LogP contribution in [-0.2, 0) is 0 Å². The maximum absolute atomic E-state index is 5.30. The zero-order chi connectivity index (χ0) is 15.0. The summed E-state index contributed by atoms with van der Waals surface area (Å²) < 4.78 is 0. The van der Waals surface area contributed by atoms with Crippen molar-refractivity contribution in [2.24, 2.45) is 5.10 Å². The molecular weight excluding hydrogens is 266 g/mol. The Labute approximate surface area is 127 Å². The number of rotatable bonds is 6. The van der Waals surface area contributed by atoms with Gasteiger partial charge < -0.3 is 5.32 Å². The van der Waals surface area contributed by atoms with Crippen molar-refractivity contribution in [3.63, 3.8) is 0 Å². The first-order valence-corrected chi connectivity index (χ1v) is 7.67. The van der Waals surface area contributed by atoms with E-state index in [-0.39, 0.29) is 0 Å². The summed E-state index contributed by atoms with van der Waals surface area (Å²) in [6, 6.07) is 6.14. The van der Waals surface area contributed by atoms with Gasteiger partial charge in [-0.1, -0.05) is 38.8 Å². The van der Waals surface area contributed by atoms with Gasteiger partial charge in [0.15, 0.2) is 5.11 Å². The summed E-state index contributed by atoms with van der Waals surface area (Å²) in [7, 11) is 0. The fourth-order valence-electron chi connectivity index (χ4n) is 1.98. The predicted octanol–water partition coefficient (Wildman–Crippen LogP) is 4.55. The fraction of sp³-hybridized carbons (Fsp3) is 0.500. The van der Waals surface area contributed by atoms with Gasteiger partial charge in [-0.3, -0.25) is 5.43 Å². The van der Waals surface area contributed by atoms with Crippen LogP contribution in [0.25, 0.3) is 0 Å². The maximum Gasteiger partial charge on any atom is 0.191 e. The molecule has 0 bridgehead atoms. The highest BCUT2D eigenvalue weighted by Crippen LogP contribution is 2.17. The summed E-state index contributed by atoms with van der Waals surface area (Å²) in [6.45, 7) is 8.51. The van der Waals surface area contributed by atoms with E-state index in [2.05, 4.69) is 49.6 Å². The van der Waals surface area contributed by atoms with E-state index < -0.39 is 0 Å². The van der Waals surface area contributed by atoms with E-state index in [1.165, 1.54) is 16.8 Å². The van der Waals surface area contributed by atoms with E-state index in [0.717, 1.165) is 31.4 Å². The van der Waals surface area contributed by atoms with E-state index in [1.54, 1.807) is 0 Å². The third-order valence-electron chi connectivity index (χ3n) is 3.25. The number of nitrogens with one attached hydrogen (secondary N) is 2. The van der Waals surface area contributed by atoms with Crippen molar-refractivity contribution in [1.82, 2.24) is 5.43 Å². The second-order valence-corrected chi connectivity index (χ2v) is 5.40. The molecule has 20 heavy (non-hydrogen) atoms. The van der Waals surface area contributed by atoms with Crippen LogP contribution in [0.2, 0.25) is 0 Å². The van der Waals surface area contributed by atoms with Gasteiger partial charge >= 0.3 is 0 Å². The second kappa shape index (κ2) is 8.69. The average Bonchev–Trinajstić information content (AvgIpc) is 2.42. The molecule has 2 N–H and O–H groups in total. The highest BCUT2D eigenvalue weighted by molar-refractivity contribution is 7.80. The van der Waals surface area contributed by atoms with Gasteiger partial charge in [0.25, 0.3) is 0 Å². The lowest BCUT2D eigenvalue weighted by Crippen LogP contribution is -2.25. The van der Waals surface area contributed by atoms with Crippen LogP contribution in [0, 0.1) is 13.8 Å². The van der Waals surface area contributed by atoms with Crippen LogP contribution in [0.4, 0.5) is 5.69 Å². The number of benzene rings is 1. The van der Waals surface area contributed by atoms with Gasteiger partial charge in [0.05, 0.1) is 0 Å². The van der Waals surface area contributed by atoms with E-state index >= 15 is 0 Å². The number of thiocarbonyl (C=S) groups is 1. The van der Waals surface area contributed by atoms with Crippen LogP contribution < -0.4 is 10.7 Å². The van der Waals surface area contributed by atoms with Crippen molar-refractivity contribution < 1.29 is 0 Å². The molecule has 0 unspecified atom stereocenters. The van der Waals surface area contributed by atoms with Crippen molar-refractivity contribution in [3.8, 4) is 0 Å². The quantitative estimate of drug-likeness (QED) is 0.459. The van der Waals surface area contributed by atoms with E-state index in [4.69, 9.17) is 12.2 Å². The van der Waals surface area contributed by atoms with Crippen LogP contribution in [0.15, 0.2) is 23.3 Å². The third-order valence-corrected chi connectivity index (χ3v) is 3.44. The van der Waals surface area contributed by atoms with Crippen molar-refractivity contribution in [3.05, 3.63) is 29.3 Å². The normalized spacial score (nSPS) is 10.0. The molecule has 1 aromatic rings. The summed E-state index contributed by atoms with van der Waals surface area (Å²) >= 11 is 5.30. The van der Waals surface area contributed by atoms with E-state index in [1.807, 2.05) is 12.1 Å². The first kappa shape index (κ1) is 16.6. The first-order chi connectivity index (χ1) is 9.58. The van der Waals surface area contributed by atoms with Gasteiger partial charge in [-0.15, -0.1) is 0 Å². The Morgan fingerprint density at radius 3 is 2.40 bits per heavy atom. The van der Waals surface area contributed by atoms with Crippen LogP contribution in [0.1, 0.15) is 50.7 Å². The molecule has 1 rings (SSSR count). The zero-order valence-corrected chi connectivity index (χ0v) is 13.7. The number of hydrogen-bond donors (Lipinski definition) is 2. The van der Waals surface area contributed by atoms with Gasteiger partial charge in [0.1, 0.15) is 0 Å². The Kier molecular flexibility index (Phi) is 7.23. The number of hydrazone groups is 1. The van der Waals surface area contributed by atoms with Crippen molar-refractivity contribution in [2.45, 2.75) is 53.4 Å². The fourth-order valence-corrected chi connectivity index (χ4v) is 2.14. The van der Waals surface area contributed by atoms with Gasteiger partial charge in [0.2, 0.25) is 0 Å². The lowest BCUT2D eigenvalue weighted by Gasteiger charge is -2.12. The summed E-state index contributed by atoms with van der Waals surface area (Å²) in [6.07, 6.45) is 4.26. The Bertz CT molecular complexity index is 473. The molecule has 0 aliphatic rings. The summed E-state index contributed by atoms with van der Waals surface area (Å²) in [4.78, 5) is 0. The first-order valence-electron chi connectivity index (χ1n) is 7.27. The van der Waals surface area contributed by atoms with Gasteiger partial charge in [0, 0.05) is 11.4 Å². The highest BCUT2D eigenvalue weighted by atomic mass is 32.1. The van der Waals surface area contributed by atoms with Crippen molar-refractivity contribution in [2.75, 3.05) is 5.32 Å². The number of aryl methyl sites for hydroxylation is 1. The summed E-state index contributed by atoms with van der Waals surface area (Å²) in [5, 5.41) is 8.16. The van der Waals surface area contributed by atoms with E-state index in [9.17, 15) is 0 Å². The Morgan fingerprint density at radius 2 is 1.80 bits per heavy atom. The van der Waals surface area contributed by atoms with Crippen LogP contribution >= 0.6 is 12.2 Å². The van der Waals surface area contributed by atoms with Crippen molar-refractivity contribution in [1.29, 1.82) is 0 Å². The maximum atomic E-state index is 5.30. The molecule has 0 amide bonds. The number of hydrogen-bond acceptors (Lipinski definition) is 2. The molecular formula is C16H25N3S. The largest absolute Gasteiger partial charge is 0.331 e. The summed E-state index contributed by atoms with van der Waals surface area (Å²) in [5.74, 6) is 0. The smallest absolute Gasteiger partial charge is 0.191 e. The molecule has 0 fully saturated rings. The monoisotopic (exact) mass is 291 g/mol. The van der Waals surface area contributed by atoms with Gasteiger partial charge in [-0.05, 0) is 56.1 Å². The molecule has 1 aromatic carbocycles. The topological polar surface area (TPSA) is 36.4 Å². The SMILES string of the molecule is CCCC(CCC)=NNC(=S)Nc1cccc(C)c1C. The lowest BCUT2D eigenvalue weighted by atomic mass is 10.1. The molecule has 3 nitrogen and oxygen atoms in total. The molecule has 0 aromatic heterocycles. The number of nitrogens with zero attached hydrogens (tertiary/aromatic N) is 1. The van der Waals surface area contributed by atoms with Crippen molar-refractivity contribution >= 4 is 28.7 Å². The minimum atomic E-state index is 0.545. The summed E-state index contributed by atoms with van der Waals surface area (Å²) in [5.41, 5.74) is 7.63. The predicted molar refractivity (Wildman–Crippen MR) is 92.5 cm³/mol. The second-order valence-electron chi connectivity index (χ2n) is 4.99. The molecule has 0 saturated heterocycles. The Hall–Kier alpha value is -1.42. The minimum Gasteiger partial charge on any atom is -0.331 e. The standard InChI is InChI=1S/C16H25N3S/c1-5-8-14(9-6-2)18-19-16(20)17-15-11-7-10-12(3)13(15)4/h7,10-11H,5-6,8-9H2,1-4H3,(H2,17,19,20). The van der Waals surface area contributed by atoms with Crippen LogP contribution in [0.5, 0.6) is 0 Å². The molecule has 110 valence electrons. The molecule has 0 heterocycles. The van der Waals surface area contributed by atoms with Gasteiger partial charge in [-0.25, -0.2) is 0 Å². The Balaban J connectivity index is 2.63. The Morgan fingerprint density at radius 1 is 1.15 bits per heavy atom. The minimum absolute atomic E-state index is 0.545. The molecule has 4 heteroatoms. The lowest BCUT2D eigenvalue weighted by molar-refractivity contribution is 0.884. The highest BCUT2D eigenvalue weighted by Gasteiger charge is 2.03. The van der Waals surface area contributed by atoms with Gasteiger partial charge in [-0.2, -0.15) is 5.10 Å². The van der Waals surface area contributed by atoms with Crippen LogP contribution in [-0.4, -0.2) is 10.8 Å².